The summed E-state index contributed by atoms with van der Waals surface area (Å²) < 4.78 is 0. The second kappa shape index (κ2) is 7.08. The third kappa shape index (κ3) is 4.68. The zero-order valence-electron chi connectivity index (χ0n) is 12.7. The highest BCUT2D eigenvalue weighted by Crippen LogP contribution is 2.23. The number of aldehydes is 1. The van der Waals surface area contributed by atoms with E-state index in [-0.39, 0.29) is 17.4 Å². The van der Waals surface area contributed by atoms with Crippen LogP contribution in [0.5, 0.6) is 0 Å². The first-order valence-corrected chi connectivity index (χ1v) is 6.91. The van der Waals surface area contributed by atoms with Crippen molar-refractivity contribution in [2.24, 2.45) is 0 Å². The average Bonchev–Trinajstić information content (AvgIpc) is 2.42. The Morgan fingerprint density at radius 1 is 1.25 bits per heavy atom. The van der Waals surface area contributed by atoms with Gasteiger partial charge in [0.1, 0.15) is 12.3 Å². The van der Waals surface area contributed by atoms with E-state index in [2.05, 4.69) is 43.5 Å². The van der Waals surface area contributed by atoms with Crippen molar-refractivity contribution in [2.45, 2.75) is 45.1 Å². The number of amides is 1. The lowest BCUT2D eigenvalue weighted by atomic mass is 9.87. The van der Waals surface area contributed by atoms with Crippen molar-refractivity contribution in [2.75, 3.05) is 12.4 Å². The van der Waals surface area contributed by atoms with Crippen LogP contribution in [0, 0.1) is 0 Å². The van der Waals surface area contributed by atoms with Gasteiger partial charge in [-0.25, -0.2) is 0 Å². The maximum Gasteiger partial charge on any atom is 0.242 e. The smallest absolute Gasteiger partial charge is 0.242 e. The number of carbonyl (C=O) groups is 2. The summed E-state index contributed by atoms with van der Waals surface area (Å²) in [5.41, 5.74) is 2.24. The first-order valence-electron chi connectivity index (χ1n) is 6.91. The summed E-state index contributed by atoms with van der Waals surface area (Å²) in [5, 5.41) is 5.78. The Bertz CT molecular complexity index is 447. The fraction of sp³-hybridized carbons (Fsp3) is 0.500. The molecule has 1 atom stereocenters. The summed E-state index contributed by atoms with van der Waals surface area (Å²) >= 11 is 0. The molecule has 20 heavy (non-hydrogen) atoms. The molecule has 0 aliphatic carbocycles. The number of benzene rings is 1. The molecule has 2 N–H and O–H groups in total. The lowest BCUT2D eigenvalue weighted by Crippen LogP contribution is -2.37. The van der Waals surface area contributed by atoms with E-state index in [9.17, 15) is 9.59 Å². The predicted octanol–water partition coefficient (Wildman–Crippen LogP) is 2.49. The van der Waals surface area contributed by atoms with E-state index in [4.69, 9.17) is 0 Å². The third-order valence-corrected chi connectivity index (χ3v) is 3.23. The highest BCUT2D eigenvalue weighted by Gasteiger charge is 2.17. The van der Waals surface area contributed by atoms with Crippen molar-refractivity contribution < 1.29 is 9.59 Å². The largest absolute Gasteiger partial charge is 0.374 e. The number of hydrogen-bond acceptors (Lipinski definition) is 3. The maximum absolute atomic E-state index is 11.8. The number of carbonyl (C=O) groups excluding carboxylic acids is 2. The van der Waals surface area contributed by atoms with Crippen LogP contribution in [0.2, 0.25) is 0 Å². The molecule has 0 aromatic heterocycles. The molecule has 110 valence electrons. The molecule has 0 saturated carbocycles. The molecule has 0 saturated heterocycles. The van der Waals surface area contributed by atoms with Gasteiger partial charge < -0.3 is 15.4 Å². The van der Waals surface area contributed by atoms with E-state index >= 15 is 0 Å². The number of rotatable bonds is 6. The van der Waals surface area contributed by atoms with Gasteiger partial charge in [0.2, 0.25) is 5.91 Å². The van der Waals surface area contributed by atoms with Crippen LogP contribution < -0.4 is 10.6 Å². The van der Waals surface area contributed by atoms with Gasteiger partial charge in [0.05, 0.1) is 0 Å². The van der Waals surface area contributed by atoms with Gasteiger partial charge in [0.25, 0.3) is 0 Å². The second-order valence-electron chi connectivity index (χ2n) is 5.88. The molecular formula is C16H24N2O2. The Morgan fingerprint density at radius 2 is 1.85 bits per heavy atom. The summed E-state index contributed by atoms with van der Waals surface area (Å²) in [4.78, 5) is 22.2. The van der Waals surface area contributed by atoms with Crippen molar-refractivity contribution >= 4 is 17.9 Å². The Kier molecular flexibility index (Phi) is 5.74. The van der Waals surface area contributed by atoms with Crippen LogP contribution in [0.3, 0.4) is 0 Å². The number of hydrogen-bond donors (Lipinski definition) is 2. The summed E-state index contributed by atoms with van der Waals surface area (Å²) in [6, 6.07) is 7.67. The first-order chi connectivity index (χ1) is 9.38. The highest BCUT2D eigenvalue weighted by atomic mass is 16.2. The Morgan fingerprint density at radius 3 is 2.30 bits per heavy atom. The molecule has 0 radical (unpaired) electrons. The third-order valence-electron chi connectivity index (χ3n) is 3.23. The lowest BCUT2D eigenvalue weighted by molar-refractivity contribution is -0.121. The molecule has 4 heteroatoms. The molecule has 0 heterocycles. The zero-order valence-corrected chi connectivity index (χ0v) is 12.7. The molecule has 1 unspecified atom stereocenters. The molecule has 1 amide bonds. The van der Waals surface area contributed by atoms with Gasteiger partial charge in [-0.15, -0.1) is 0 Å². The minimum Gasteiger partial charge on any atom is -0.374 e. The minimum absolute atomic E-state index is 0.105. The highest BCUT2D eigenvalue weighted by molar-refractivity contribution is 5.84. The zero-order chi connectivity index (χ0) is 15.2. The van der Waals surface area contributed by atoms with Crippen LogP contribution in [-0.2, 0) is 15.0 Å². The Labute approximate surface area is 121 Å². The molecule has 1 aromatic rings. The first kappa shape index (κ1) is 16.2. The van der Waals surface area contributed by atoms with Gasteiger partial charge in [0.15, 0.2) is 0 Å². The summed E-state index contributed by atoms with van der Waals surface area (Å²) in [5.74, 6) is -0.105. The molecule has 0 bridgehead atoms. The number of anilines is 1. The average molecular weight is 276 g/mol. The Balaban J connectivity index is 2.78. The maximum atomic E-state index is 11.8. The standard InChI is InChI=1S/C16H24N2O2/c1-16(2,3)12-7-9-13(10-8-12)18-14(6-5-11-19)15(20)17-4/h7-11,14,18H,5-6H2,1-4H3,(H,17,20). The van der Waals surface area contributed by atoms with E-state index in [0.717, 1.165) is 12.0 Å². The van der Waals surface area contributed by atoms with Crippen molar-refractivity contribution in [3.63, 3.8) is 0 Å². The van der Waals surface area contributed by atoms with Crippen LogP contribution in [0.4, 0.5) is 5.69 Å². The molecular weight excluding hydrogens is 252 g/mol. The second-order valence-corrected chi connectivity index (χ2v) is 5.88. The number of likely N-dealkylation sites (N-methyl/N-ethyl adjacent to an activating group) is 1. The normalized spacial score (nSPS) is 12.6. The van der Waals surface area contributed by atoms with Crippen LogP contribution in [0.25, 0.3) is 0 Å². The van der Waals surface area contributed by atoms with Crippen molar-refractivity contribution in [3.05, 3.63) is 29.8 Å². The number of nitrogens with one attached hydrogen (secondary N) is 2. The van der Waals surface area contributed by atoms with E-state index in [0.29, 0.717) is 12.8 Å². The molecule has 0 spiro atoms. The van der Waals surface area contributed by atoms with Crippen LogP contribution in [0.15, 0.2) is 24.3 Å². The van der Waals surface area contributed by atoms with Crippen molar-refractivity contribution in [1.29, 1.82) is 0 Å². The van der Waals surface area contributed by atoms with Gasteiger partial charge in [-0.2, -0.15) is 0 Å². The molecule has 4 nitrogen and oxygen atoms in total. The molecule has 0 fully saturated rings. The van der Waals surface area contributed by atoms with Crippen LogP contribution in [-0.4, -0.2) is 25.3 Å². The summed E-state index contributed by atoms with van der Waals surface area (Å²) in [7, 11) is 1.60. The topological polar surface area (TPSA) is 58.2 Å². The van der Waals surface area contributed by atoms with Crippen LogP contribution in [0.1, 0.15) is 39.2 Å². The predicted molar refractivity (Wildman–Crippen MR) is 81.9 cm³/mol. The SMILES string of the molecule is CNC(=O)C(CCC=O)Nc1ccc(C(C)(C)C)cc1. The quantitative estimate of drug-likeness (QED) is 0.785. The fourth-order valence-corrected chi connectivity index (χ4v) is 1.95. The fourth-order valence-electron chi connectivity index (χ4n) is 1.95. The van der Waals surface area contributed by atoms with Crippen molar-refractivity contribution in [3.8, 4) is 0 Å². The monoisotopic (exact) mass is 276 g/mol. The molecule has 1 aromatic carbocycles. The van der Waals surface area contributed by atoms with Gasteiger partial charge in [-0.3, -0.25) is 4.79 Å². The van der Waals surface area contributed by atoms with Crippen LogP contribution >= 0.6 is 0 Å². The minimum atomic E-state index is -0.384. The van der Waals surface area contributed by atoms with Gasteiger partial charge >= 0.3 is 0 Å². The molecule has 0 aliphatic heterocycles. The van der Waals surface area contributed by atoms with E-state index < -0.39 is 0 Å². The molecule has 1 rings (SSSR count). The van der Waals surface area contributed by atoms with Gasteiger partial charge in [0, 0.05) is 19.2 Å². The van der Waals surface area contributed by atoms with E-state index in [1.54, 1.807) is 7.05 Å². The molecule has 0 aliphatic rings. The summed E-state index contributed by atoms with van der Waals surface area (Å²) in [6.07, 6.45) is 1.69. The van der Waals surface area contributed by atoms with E-state index in [1.165, 1.54) is 5.56 Å². The van der Waals surface area contributed by atoms with Gasteiger partial charge in [-0.1, -0.05) is 32.9 Å². The van der Waals surface area contributed by atoms with Gasteiger partial charge in [-0.05, 0) is 29.5 Å². The Hall–Kier alpha value is -1.84. The summed E-state index contributed by atoms with van der Waals surface area (Å²) in [6.45, 7) is 6.48. The van der Waals surface area contributed by atoms with E-state index in [1.807, 2.05) is 12.1 Å². The lowest BCUT2D eigenvalue weighted by Gasteiger charge is -2.21. The van der Waals surface area contributed by atoms with Crippen molar-refractivity contribution in [1.82, 2.24) is 5.32 Å².